The van der Waals surface area contributed by atoms with Crippen molar-refractivity contribution in [2.24, 2.45) is 4.99 Å². The van der Waals surface area contributed by atoms with Gasteiger partial charge in [0.25, 0.3) is 0 Å². The Morgan fingerprint density at radius 2 is 2.22 bits per heavy atom. The van der Waals surface area contributed by atoms with E-state index in [9.17, 15) is 4.39 Å². The fraction of sp³-hybridized carbons (Fsp3) is 0.650. The van der Waals surface area contributed by atoms with Crippen LogP contribution in [0, 0.1) is 5.82 Å². The Balaban J connectivity index is 2.00. The zero-order chi connectivity index (χ0) is 19.8. The number of nitrogens with zero attached hydrogens (tertiary/aromatic N) is 2. The number of nitrogens with one attached hydrogen (secondary N) is 2. The number of rotatable bonds is 7. The summed E-state index contributed by atoms with van der Waals surface area (Å²) in [5.74, 6) is 0.620. The minimum absolute atomic E-state index is 0.0826. The molecule has 0 aromatic heterocycles. The molecule has 152 valence electrons. The van der Waals surface area contributed by atoms with Crippen LogP contribution >= 0.6 is 0 Å². The average Bonchev–Trinajstić information content (AvgIpc) is 2.66. The maximum absolute atomic E-state index is 14.0. The average molecular weight is 381 g/mol. The second-order valence-electron chi connectivity index (χ2n) is 6.99. The lowest BCUT2D eigenvalue weighted by molar-refractivity contribution is -0.0165. The molecule has 1 fully saturated rings. The summed E-state index contributed by atoms with van der Waals surface area (Å²) in [6.07, 6.45) is 0. The molecule has 6 nitrogen and oxygen atoms in total. The summed E-state index contributed by atoms with van der Waals surface area (Å²) >= 11 is 0. The maximum Gasteiger partial charge on any atom is 0.191 e. The first-order valence-corrected chi connectivity index (χ1v) is 9.68. The van der Waals surface area contributed by atoms with Crippen LogP contribution in [-0.2, 0) is 4.74 Å². The van der Waals surface area contributed by atoms with Crippen molar-refractivity contribution in [2.75, 3.05) is 40.0 Å². The van der Waals surface area contributed by atoms with Crippen molar-refractivity contribution in [1.29, 1.82) is 0 Å². The molecule has 27 heavy (non-hydrogen) atoms. The summed E-state index contributed by atoms with van der Waals surface area (Å²) in [7, 11) is 1.46. The van der Waals surface area contributed by atoms with Gasteiger partial charge in [-0.2, -0.15) is 0 Å². The third kappa shape index (κ3) is 6.07. The van der Waals surface area contributed by atoms with E-state index in [1.807, 2.05) is 19.9 Å². The van der Waals surface area contributed by atoms with Crippen LogP contribution in [0.1, 0.15) is 39.3 Å². The lowest BCUT2D eigenvalue weighted by Gasteiger charge is -2.37. The molecule has 0 saturated carbocycles. The van der Waals surface area contributed by atoms with Crippen molar-refractivity contribution >= 4 is 5.96 Å². The molecule has 7 heteroatoms. The molecule has 1 aromatic rings. The van der Waals surface area contributed by atoms with Crippen molar-refractivity contribution in [1.82, 2.24) is 15.5 Å². The number of benzene rings is 1. The van der Waals surface area contributed by atoms with Crippen molar-refractivity contribution in [3.05, 3.63) is 29.6 Å². The summed E-state index contributed by atoms with van der Waals surface area (Å²) in [4.78, 5) is 7.17. The van der Waals surface area contributed by atoms with Gasteiger partial charge in [-0.25, -0.2) is 4.39 Å². The maximum atomic E-state index is 14.0. The van der Waals surface area contributed by atoms with Gasteiger partial charge >= 0.3 is 0 Å². The molecule has 1 heterocycles. The van der Waals surface area contributed by atoms with Crippen LogP contribution in [0.2, 0.25) is 0 Å². The predicted molar refractivity (Wildman–Crippen MR) is 107 cm³/mol. The van der Waals surface area contributed by atoms with Crippen LogP contribution in [0.25, 0.3) is 0 Å². The highest BCUT2D eigenvalue weighted by Gasteiger charge is 2.23. The smallest absolute Gasteiger partial charge is 0.191 e. The molecule has 2 N–H and O–H groups in total. The highest BCUT2D eigenvalue weighted by Crippen LogP contribution is 2.21. The molecular formula is C20H33FN4O2. The molecule has 0 spiro atoms. The van der Waals surface area contributed by atoms with E-state index in [1.165, 1.54) is 13.2 Å². The largest absolute Gasteiger partial charge is 0.494 e. The Kier molecular flexibility index (Phi) is 8.31. The Morgan fingerprint density at radius 3 is 2.85 bits per heavy atom. The first-order valence-electron chi connectivity index (χ1n) is 9.68. The van der Waals surface area contributed by atoms with Gasteiger partial charge in [-0.1, -0.05) is 6.07 Å². The van der Waals surface area contributed by atoms with Crippen LogP contribution in [-0.4, -0.2) is 62.9 Å². The number of hydrogen-bond acceptors (Lipinski definition) is 4. The van der Waals surface area contributed by atoms with E-state index < -0.39 is 0 Å². The highest BCUT2D eigenvalue weighted by molar-refractivity contribution is 5.80. The van der Waals surface area contributed by atoms with Crippen LogP contribution in [0.15, 0.2) is 23.2 Å². The van der Waals surface area contributed by atoms with E-state index in [-0.39, 0.29) is 17.6 Å². The van der Waals surface area contributed by atoms with Crippen LogP contribution in [0.3, 0.4) is 0 Å². The highest BCUT2D eigenvalue weighted by atomic mass is 19.1. The topological polar surface area (TPSA) is 58.1 Å². The minimum atomic E-state index is -0.361. The van der Waals surface area contributed by atoms with E-state index in [1.54, 1.807) is 6.07 Å². The Labute approximate surface area is 162 Å². The van der Waals surface area contributed by atoms with Crippen molar-refractivity contribution in [3.63, 3.8) is 0 Å². The second kappa shape index (κ2) is 10.5. The van der Waals surface area contributed by atoms with E-state index in [4.69, 9.17) is 14.5 Å². The molecule has 1 saturated heterocycles. The summed E-state index contributed by atoms with van der Waals surface area (Å²) in [6.45, 7) is 12.3. The first-order chi connectivity index (χ1) is 13.0. The number of ether oxygens (including phenoxy) is 2. The number of morpholine rings is 1. The number of aliphatic imine (C=N–C) groups is 1. The number of halogens is 1. The van der Waals surface area contributed by atoms with Gasteiger partial charge in [0, 0.05) is 25.2 Å². The van der Waals surface area contributed by atoms with E-state index >= 15 is 0 Å². The SMILES string of the molecule is CCNC(=NCC(C)N1CCOCC1C)NC(C)c1ccc(OC)c(F)c1. The van der Waals surface area contributed by atoms with Gasteiger partial charge < -0.3 is 20.1 Å². The van der Waals surface area contributed by atoms with Gasteiger partial charge in [-0.3, -0.25) is 9.89 Å². The predicted octanol–water partition coefficient (Wildman–Crippen LogP) is 2.56. The monoisotopic (exact) mass is 380 g/mol. The van der Waals surface area contributed by atoms with Crippen LogP contribution in [0.5, 0.6) is 5.75 Å². The standard InChI is InChI=1S/C20H33FN4O2/c1-6-22-20(23-12-14(2)25-9-10-27-13-15(25)3)24-16(4)17-7-8-19(26-5)18(21)11-17/h7-8,11,14-16H,6,9-10,12-13H2,1-5H3,(H2,22,23,24). The van der Waals surface area contributed by atoms with E-state index in [0.717, 1.165) is 37.8 Å². The number of methoxy groups -OCH3 is 1. The first kappa shape index (κ1) is 21.4. The van der Waals surface area contributed by atoms with E-state index in [2.05, 4.69) is 29.4 Å². The molecule has 1 aliphatic rings. The van der Waals surface area contributed by atoms with Crippen LogP contribution in [0.4, 0.5) is 4.39 Å². The lowest BCUT2D eigenvalue weighted by Crippen LogP contribution is -2.49. The molecule has 0 radical (unpaired) electrons. The van der Waals surface area contributed by atoms with Crippen LogP contribution < -0.4 is 15.4 Å². The Morgan fingerprint density at radius 1 is 1.44 bits per heavy atom. The fourth-order valence-electron chi connectivity index (χ4n) is 3.28. The van der Waals surface area contributed by atoms with Gasteiger partial charge in [0.2, 0.25) is 0 Å². The van der Waals surface area contributed by atoms with Gasteiger partial charge in [0.1, 0.15) is 0 Å². The van der Waals surface area contributed by atoms with E-state index in [0.29, 0.717) is 18.6 Å². The summed E-state index contributed by atoms with van der Waals surface area (Å²) in [6, 6.07) is 5.66. The van der Waals surface area contributed by atoms with Gasteiger partial charge in [0.15, 0.2) is 17.5 Å². The third-order valence-electron chi connectivity index (χ3n) is 4.87. The number of hydrogen-bond donors (Lipinski definition) is 2. The summed E-state index contributed by atoms with van der Waals surface area (Å²) in [5, 5.41) is 6.62. The minimum Gasteiger partial charge on any atom is -0.494 e. The van der Waals surface area contributed by atoms with Gasteiger partial charge in [-0.15, -0.1) is 0 Å². The Bertz CT molecular complexity index is 626. The molecule has 3 atom stereocenters. The molecule has 2 rings (SSSR count). The van der Waals surface area contributed by atoms with Crippen molar-refractivity contribution in [2.45, 2.75) is 45.8 Å². The zero-order valence-corrected chi connectivity index (χ0v) is 17.1. The normalized spacial score (nSPS) is 20.8. The molecule has 0 bridgehead atoms. The Hall–Kier alpha value is -1.86. The molecule has 3 unspecified atom stereocenters. The van der Waals surface area contributed by atoms with Gasteiger partial charge in [-0.05, 0) is 45.4 Å². The van der Waals surface area contributed by atoms with Gasteiger partial charge in [0.05, 0.1) is 32.9 Å². The molecule has 1 aliphatic heterocycles. The molecule has 1 aromatic carbocycles. The molecular weight excluding hydrogens is 347 g/mol. The molecule has 0 aliphatic carbocycles. The quantitative estimate of drug-likeness (QED) is 0.562. The fourth-order valence-corrected chi connectivity index (χ4v) is 3.28. The van der Waals surface area contributed by atoms with Crippen molar-refractivity contribution in [3.8, 4) is 5.75 Å². The third-order valence-corrected chi connectivity index (χ3v) is 4.87. The van der Waals surface area contributed by atoms with Crippen molar-refractivity contribution < 1.29 is 13.9 Å². The summed E-state index contributed by atoms with van der Waals surface area (Å²) < 4.78 is 24.5. The zero-order valence-electron chi connectivity index (χ0n) is 17.1. The second-order valence-corrected chi connectivity index (χ2v) is 6.99. The number of guanidine groups is 1. The summed E-state index contributed by atoms with van der Waals surface area (Å²) in [5.41, 5.74) is 0.841. The molecule has 0 amide bonds. The lowest BCUT2D eigenvalue weighted by atomic mass is 10.1.